The molecule has 5 heteroatoms. The summed E-state index contributed by atoms with van der Waals surface area (Å²) in [6.45, 7) is 1.86. The third-order valence-corrected chi connectivity index (χ3v) is 3.14. The first-order chi connectivity index (χ1) is 11.2. The summed E-state index contributed by atoms with van der Waals surface area (Å²) in [5.74, 6) is 0.904. The molecule has 0 unspecified atom stereocenters. The van der Waals surface area contributed by atoms with Gasteiger partial charge in [-0.15, -0.1) is 5.10 Å². The van der Waals surface area contributed by atoms with E-state index in [1.54, 1.807) is 42.5 Å². The molecule has 2 aromatic carbocycles. The molecule has 23 heavy (non-hydrogen) atoms. The number of nitrogens with one attached hydrogen (secondary N) is 1. The molecule has 0 aliphatic rings. The van der Waals surface area contributed by atoms with E-state index >= 15 is 0 Å². The molecule has 0 saturated heterocycles. The number of aryl methyl sites for hydroxylation is 1. The molecule has 114 valence electrons. The van der Waals surface area contributed by atoms with Crippen LogP contribution in [0.15, 0.2) is 66.7 Å². The summed E-state index contributed by atoms with van der Waals surface area (Å²) in [6.07, 6.45) is 0. The van der Waals surface area contributed by atoms with Gasteiger partial charge in [0.25, 0.3) is 5.91 Å². The highest BCUT2D eigenvalue weighted by Gasteiger charge is 2.05. The standard InChI is InChI=1S/C18H15N3O2/c1-13-7-12-17(21-20-13)23-16-10-8-15(9-11-16)19-18(22)14-5-3-2-4-6-14/h2-12H,1H3,(H,19,22). The number of aromatic nitrogens is 2. The van der Waals surface area contributed by atoms with Crippen molar-refractivity contribution in [2.75, 3.05) is 5.32 Å². The van der Waals surface area contributed by atoms with Crippen molar-refractivity contribution in [3.63, 3.8) is 0 Å². The third kappa shape index (κ3) is 3.91. The molecule has 0 atom stereocenters. The predicted molar refractivity (Wildman–Crippen MR) is 87.7 cm³/mol. The Labute approximate surface area is 134 Å². The Bertz CT molecular complexity index is 785. The van der Waals surface area contributed by atoms with Crippen molar-refractivity contribution in [1.82, 2.24) is 10.2 Å². The quantitative estimate of drug-likeness (QED) is 0.795. The van der Waals surface area contributed by atoms with Gasteiger partial charge in [-0.3, -0.25) is 4.79 Å². The number of nitrogens with zero attached hydrogens (tertiary/aromatic N) is 2. The molecule has 3 aromatic rings. The van der Waals surface area contributed by atoms with E-state index < -0.39 is 0 Å². The fourth-order valence-electron chi connectivity index (χ4n) is 1.96. The van der Waals surface area contributed by atoms with Gasteiger partial charge >= 0.3 is 0 Å². The number of benzene rings is 2. The minimum atomic E-state index is -0.149. The van der Waals surface area contributed by atoms with Crippen LogP contribution >= 0.6 is 0 Å². The van der Waals surface area contributed by atoms with Gasteiger partial charge in [-0.1, -0.05) is 18.2 Å². The molecule has 0 aliphatic heterocycles. The smallest absolute Gasteiger partial charge is 0.255 e. The Morgan fingerprint density at radius 3 is 2.30 bits per heavy atom. The summed E-state index contributed by atoms with van der Waals surface area (Å²) in [4.78, 5) is 12.1. The SMILES string of the molecule is Cc1ccc(Oc2ccc(NC(=O)c3ccccc3)cc2)nn1. The maximum Gasteiger partial charge on any atom is 0.255 e. The zero-order valence-corrected chi connectivity index (χ0v) is 12.6. The highest BCUT2D eigenvalue weighted by molar-refractivity contribution is 6.04. The zero-order chi connectivity index (χ0) is 16.1. The Hall–Kier alpha value is -3.21. The van der Waals surface area contributed by atoms with E-state index in [4.69, 9.17) is 4.74 Å². The van der Waals surface area contributed by atoms with E-state index in [0.29, 0.717) is 22.9 Å². The summed E-state index contributed by atoms with van der Waals surface area (Å²) >= 11 is 0. The summed E-state index contributed by atoms with van der Waals surface area (Å²) < 4.78 is 5.59. The van der Waals surface area contributed by atoms with Crippen LogP contribution in [-0.2, 0) is 0 Å². The van der Waals surface area contributed by atoms with Crippen molar-refractivity contribution in [3.05, 3.63) is 78.0 Å². The van der Waals surface area contributed by atoms with Crippen LogP contribution in [0.4, 0.5) is 5.69 Å². The maximum absolute atomic E-state index is 12.1. The van der Waals surface area contributed by atoms with Gasteiger partial charge in [0, 0.05) is 17.3 Å². The molecule has 0 spiro atoms. The van der Waals surface area contributed by atoms with Crippen molar-refractivity contribution in [3.8, 4) is 11.6 Å². The van der Waals surface area contributed by atoms with Crippen LogP contribution in [0.5, 0.6) is 11.6 Å². The van der Waals surface area contributed by atoms with Gasteiger partial charge in [0.05, 0.1) is 5.69 Å². The van der Waals surface area contributed by atoms with Crippen LogP contribution in [0, 0.1) is 6.92 Å². The van der Waals surface area contributed by atoms with Crippen molar-refractivity contribution >= 4 is 11.6 Å². The average molecular weight is 305 g/mol. The lowest BCUT2D eigenvalue weighted by Crippen LogP contribution is -2.11. The van der Waals surface area contributed by atoms with E-state index in [1.165, 1.54) is 0 Å². The van der Waals surface area contributed by atoms with Gasteiger partial charge in [0.2, 0.25) is 5.88 Å². The van der Waals surface area contributed by atoms with Gasteiger partial charge < -0.3 is 10.1 Å². The van der Waals surface area contributed by atoms with E-state index in [1.807, 2.05) is 31.2 Å². The van der Waals surface area contributed by atoms with Gasteiger partial charge in [0.1, 0.15) is 5.75 Å². The van der Waals surface area contributed by atoms with Crippen LogP contribution in [0.1, 0.15) is 16.1 Å². The first-order valence-electron chi connectivity index (χ1n) is 7.15. The number of carbonyl (C=O) groups excluding carboxylic acids is 1. The molecule has 0 fully saturated rings. The van der Waals surface area contributed by atoms with Gasteiger partial charge in [-0.05, 0) is 49.4 Å². The lowest BCUT2D eigenvalue weighted by atomic mass is 10.2. The number of hydrogen-bond donors (Lipinski definition) is 1. The number of amides is 1. The molecule has 1 heterocycles. The Morgan fingerprint density at radius 2 is 1.65 bits per heavy atom. The number of anilines is 1. The monoisotopic (exact) mass is 305 g/mol. The van der Waals surface area contributed by atoms with Crippen molar-refractivity contribution in [2.24, 2.45) is 0 Å². The largest absolute Gasteiger partial charge is 0.438 e. The predicted octanol–water partition coefficient (Wildman–Crippen LogP) is 3.83. The van der Waals surface area contributed by atoms with Crippen LogP contribution in [0.3, 0.4) is 0 Å². The molecule has 0 radical (unpaired) electrons. The molecule has 1 amide bonds. The molecular formula is C18H15N3O2. The molecule has 5 nitrogen and oxygen atoms in total. The van der Waals surface area contributed by atoms with Crippen LogP contribution in [0.2, 0.25) is 0 Å². The van der Waals surface area contributed by atoms with E-state index in [-0.39, 0.29) is 5.91 Å². The number of rotatable bonds is 4. The Kier molecular flexibility index (Phi) is 4.29. The summed E-state index contributed by atoms with van der Waals surface area (Å²) in [6, 6.07) is 19.7. The highest BCUT2D eigenvalue weighted by Crippen LogP contribution is 2.21. The third-order valence-electron chi connectivity index (χ3n) is 3.14. The van der Waals surface area contributed by atoms with Gasteiger partial charge in [-0.2, -0.15) is 5.10 Å². The lowest BCUT2D eigenvalue weighted by Gasteiger charge is -2.07. The van der Waals surface area contributed by atoms with Crippen molar-refractivity contribution in [2.45, 2.75) is 6.92 Å². The zero-order valence-electron chi connectivity index (χ0n) is 12.6. The normalized spacial score (nSPS) is 10.1. The molecule has 1 N–H and O–H groups in total. The lowest BCUT2D eigenvalue weighted by molar-refractivity contribution is 0.102. The summed E-state index contributed by atoms with van der Waals surface area (Å²) in [5, 5.41) is 10.7. The molecule has 3 rings (SSSR count). The number of carbonyl (C=O) groups is 1. The topological polar surface area (TPSA) is 64.1 Å². The average Bonchev–Trinajstić information content (AvgIpc) is 2.59. The molecular weight excluding hydrogens is 290 g/mol. The van der Waals surface area contributed by atoms with E-state index in [2.05, 4.69) is 15.5 Å². The molecule has 0 saturated carbocycles. The maximum atomic E-state index is 12.1. The molecule has 0 aliphatic carbocycles. The highest BCUT2D eigenvalue weighted by atomic mass is 16.5. The summed E-state index contributed by atoms with van der Waals surface area (Å²) in [5.41, 5.74) is 2.14. The second-order valence-electron chi connectivity index (χ2n) is 4.96. The van der Waals surface area contributed by atoms with Crippen molar-refractivity contribution < 1.29 is 9.53 Å². The summed E-state index contributed by atoms with van der Waals surface area (Å²) in [7, 11) is 0. The van der Waals surface area contributed by atoms with E-state index in [0.717, 1.165) is 5.69 Å². The van der Waals surface area contributed by atoms with Crippen LogP contribution in [-0.4, -0.2) is 16.1 Å². The second kappa shape index (κ2) is 6.70. The van der Waals surface area contributed by atoms with E-state index in [9.17, 15) is 4.79 Å². The molecule has 0 bridgehead atoms. The Morgan fingerprint density at radius 1 is 0.913 bits per heavy atom. The minimum Gasteiger partial charge on any atom is -0.438 e. The van der Waals surface area contributed by atoms with Gasteiger partial charge in [0.15, 0.2) is 0 Å². The number of hydrogen-bond acceptors (Lipinski definition) is 4. The van der Waals surface area contributed by atoms with Crippen LogP contribution in [0.25, 0.3) is 0 Å². The number of ether oxygens (including phenoxy) is 1. The van der Waals surface area contributed by atoms with Gasteiger partial charge in [-0.25, -0.2) is 0 Å². The second-order valence-corrected chi connectivity index (χ2v) is 4.96. The molecule has 1 aromatic heterocycles. The minimum absolute atomic E-state index is 0.149. The Balaban J connectivity index is 1.65. The van der Waals surface area contributed by atoms with Crippen LogP contribution < -0.4 is 10.1 Å². The fourth-order valence-corrected chi connectivity index (χ4v) is 1.96. The first kappa shape index (κ1) is 14.7. The first-order valence-corrected chi connectivity index (χ1v) is 7.15. The fraction of sp³-hybridized carbons (Fsp3) is 0.0556. The van der Waals surface area contributed by atoms with Crippen molar-refractivity contribution in [1.29, 1.82) is 0 Å².